The van der Waals surface area contributed by atoms with Gasteiger partial charge >= 0.3 is 5.97 Å². The summed E-state index contributed by atoms with van der Waals surface area (Å²) in [6.45, 7) is 1.97. The number of carbonyl (C=O) groups excluding carboxylic acids is 1. The molecule has 0 spiro atoms. The molecule has 2 aliphatic rings. The van der Waals surface area contributed by atoms with E-state index in [9.17, 15) is 4.79 Å². The molecule has 0 amide bonds. The average Bonchev–Trinajstić information content (AvgIpc) is 2.56. The van der Waals surface area contributed by atoms with Gasteiger partial charge < -0.3 is 9.64 Å². The first-order valence-electron chi connectivity index (χ1n) is 8.25. The minimum atomic E-state index is -0.199. The zero-order valence-corrected chi connectivity index (χ0v) is 12.6. The maximum absolute atomic E-state index is 12.5. The van der Waals surface area contributed by atoms with Crippen LogP contribution in [0.4, 0.5) is 5.82 Å². The van der Waals surface area contributed by atoms with Gasteiger partial charge in [0.15, 0.2) is 0 Å². The molecule has 0 unspecified atom stereocenters. The third-order valence-corrected chi connectivity index (χ3v) is 4.49. The number of hydrogen-bond donors (Lipinski definition) is 0. The largest absolute Gasteiger partial charge is 0.459 e. The van der Waals surface area contributed by atoms with E-state index in [2.05, 4.69) is 9.88 Å². The molecule has 21 heavy (non-hydrogen) atoms. The molecular formula is C17H24N2O2. The Morgan fingerprint density at radius 3 is 2.57 bits per heavy atom. The van der Waals surface area contributed by atoms with Crippen molar-refractivity contribution in [2.45, 2.75) is 57.5 Å². The summed E-state index contributed by atoms with van der Waals surface area (Å²) in [5, 5.41) is 0. The van der Waals surface area contributed by atoms with Crippen molar-refractivity contribution in [3.63, 3.8) is 0 Å². The molecule has 1 aromatic heterocycles. The van der Waals surface area contributed by atoms with Gasteiger partial charge in [-0.15, -0.1) is 0 Å². The first-order valence-corrected chi connectivity index (χ1v) is 8.25. The highest BCUT2D eigenvalue weighted by molar-refractivity contribution is 5.94. The van der Waals surface area contributed by atoms with Gasteiger partial charge in [0, 0.05) is 19.3 Å². The van der Waals surface area contributed by atoms with Crippen LogP contribution in [0.2, 0.25) is 0 Å². The molecule has 3 rings (SSSR count). The molecule has 114 valence electrons. The summed E-state index contributed by atoms with van der Waals surface area (Å²) in [4.78, 5) is 19.2. The van der Waals surface area contributed by atoms with Gasteiger partial charge in [0.2, 0.25) is 0 Å². The second kappa shape index (κ2) is 6.92. The molecular weight excluding hydrogens is 264 g/mol. The first kappa shape index (κ1) is 14.4. The highest BCUT2D eigenvalue weighted by Crippen LogP contribution is 2.25. The Morgan fingerprint density at radius 2 is 1.81 bits per heavy atom. The lowest BCUT2D eigenvalue weighted by molar-refractivity contribution is 0.0211. The van der Waals surface area contributed by atoms with Gasteiger partial charge in [-0.3, -0.25) is 0 Å². The predicted molar refractivity (Wildman–Crippen MR) is 82.6 cm³/mol. The molecule has 1 saturated carbocycles. The summed E-state index contributed by atoms with van der Waals surface area (Å²) in [7, 11) is 0. The van der Waals surface area contributed by atoms with Crippen LogP contribution < -0.4 is 4.90 Å². The number of hydrogen-bond acceptors (Lipinski definition) is 4. The molecule has 1 aliphatic carbocycles. The van der Waals surface area contributed by atoms with Gasteiger partial charge in [0.1, 0.15) is 17.5 Å². The van der Waals surface area contributed by atoms with Crippen LogP contribution >= 0.6 is 0 Å². The summed E-state index contributed by atoms with van der Waals surface area (Å²) in [5.74, 6) is 0.605. The Balaban J connectivity index is 1.72. The van der Waals surface area contributed by atoms with Crippen molar-refractivity contribution >= 4 is 11.8 Å². The quantitative estimate of drug-likeness (QED) is 0.798. The summed E-state index contributed by atoms with van der Waals surface area (Å²) in [6, 6.07) is 3.67. The molecule has 0 radical (unpaired) electrons. The molecule has 0 aromatic carbocycles. The van der Waals surface area contributed by atoms with Crippen LogP contribution in [-0.4, -0.2) is 30.1 Å². The lowest BCUT2D eigenvalue weighted by atomic mass is 9.98. The second-order valence-electron chi connectivity index (χ2n) is 6.09. The van der Waals surface area contributed by atoms with E-state index in [-0.39, 0.29) is 12.1 Å². The molecule has 4 nitrogen and oxygen atoms in total. The fourth-order valence-corrected chi connectivity index (χ4v) is 3.31. The smallest absolute Gasteiger partial charge is 0.342 e. The van der Waals surface area contributed by atoms with Crippen LogP contribution in [0.1, 0.15) is 61.7 Å². The lowest BCUT2D eigenvalue weighted by Gasteiger charge is -2.29. The Hall–Kier alpha value is -1.58. The zero-order chi connectivity index (χ0) is 14.5. The third-order valence-electron chi connectivity index (χ3n) is 4.49. The monoisotopic (exact) mass is 288 g/mol. The summed E-state index contributed by atoms with van der Waals surface area (Å²) < 4.78 is 5.70. The molecule has 4 heteroatoms. The van der Waals surface area contributed by atoms with Crippen LogP contribution in [0.5, 0.6) is 0 Å². The SMILES string of the molecule is O=C(OC1CCCCC1)c1cccnc1N1CCCCC1. The molecule has 1 saturated heterocycles. The normalized spacial score (nSPS) is 20.3. The maximum Gasteiger partial charge on any atom is 0.342 e. The van der Waals surface area contributed by atoms with E-state index < -0.39 is 0 Å². The first-order chi connectivity index (χ1) is 10.3. The fourth-order valence-electron chi connectivity index (χ4n) is 3.31. The van der Waals surface area contributed by atoms with Crippen molar-refractivity contribution in [1.29, 1.82) is 0 Å². The summed E-state index contributed by atoms with van der Waals surface area (Å²) in [5.41, 5.74) is 0.630. The van der Waals surface area contributed by atoms with Gasteiger partial charge in [-0.05, 0) is 57.1 Å². The van der Waals surface area contributed by atoms with Crippen LogP contribution in [0.25, 0.3) is 0 Å². The van der Waals surface area contributed by atoms with Gasteiger partial charge in [-0.1, -0.05) is 6.42 Å². The van der Waals surface area contributed by atoms with E-state index in [0.717, 1.165) is 31.7 Å². The Kier molecular flexibility index (Phi) is 4.73. The molecule has 1 aromatic rings. The van der Waals surface area contributed by atoms with Gasteiger partial charge in [-0.25, -0.2) is 9.78 Å². The summed E-state index contributed by atoms with van der Waals surface area (Å²) in [6.07, 6.45) is 11.1. The number of piperidine rings is 1. The van der Waals surface area contributed by atoms with Crippen molar-refractivity contribution in [2.75, 3.05) is 18.0 Å². The number of rotatable bonds is 3. The van der Waals surface area contributed by atoms with Gasteiger partial charge in [0.05, 0.1) is 0 Å². The molecule has 1 aliphatic heterocycles. The van der Waals surface area contributed by atoms with Crippen molar-refractivity contribution in [1.82, 2.24) is 4.98 Å². The standard InChI is InChI=1S/C17H24N2O2/c20-17(21-14-8-3-1-4-9-14)15-10-7-11-18-16(15)19-12-5-2-6-13-19/h7,10-11,14H,1-6,8-9,12-13H2. The number of carbonyl (C=O) groups is 1. The van der Waals surface area contributed by atoms with Crippen LogP contribution in [-0.2, 0) is 4.74 Å². The fraction of sp³-hybridized carbons (Fsp3) is 0.647. The van der Waals surface area contributed by atoms with Crippen molar-refractivity contribution in [3.05, 3.63) is 23.9 Å². The van der Waals surface area contributed by atoms with E-state index in [1.54, 1.807) is 6.20 Å². The maximum atomic E-state index is 12.5. The Labute approximate surface area is 126 Å². The molecule has 0 bridgehead atoms. The van der Waals surface area contributed by atoms with Crippen LogP contribution in [0.3, 0.4) is 0 Å². The molecule has 2 heterocycles. The number of pyridine rings is 1. The number of anilines is 1. The molecule has 2 fully saturated rings. The average molecular weight is 288 g/mol. The number of aromatic nitrogens is 1. The van der Waals surface area contributed by atoms with E-state index in [1.165, 1.54) is 38.5 Å². The van der Waals surface area contributed by atoms with Crippen LogP contribution in [0.15, 0.2) is 18.3 Å². The van der Waals surface area contributed by atoms with Crippen molar-refractivity contribution in [3.8, 4) is 0 Å². The summed E-state index contributed by atoms with van der Waals surface area (Å²) >= 11 is 0. The Bertz CT molecular complexity index is 477. The predicted octanol–water partition coefficient (Wildman–Crippen LogP) is 3.56. The number of esters is 1. The van der Waals surface area contributed by atoms with Gasteiger partial charge in [0.25, 0.3) is 0 Å². The van der Waals surface area contributed by atoms with Gasteiger partial charge in [-0.2, -0.15) is 0 Å². The Morgan fingerprint density at radius 1 is 1.10 bits per heavy atom. The van der Waals surface area contributed by atoms with Crippen molar-refractivity contribution < 1.29 is 9.53 Å². The topological polar surface area (TPSA) is 42.4 Å². The van der Waals surface area contributed by atoms with Crippen molar-refractivity contribution in [2.24, 2.45) is 0 Å². The second-order valence-corrected chi connectivity index (χ2v) is 6.09. The minimum absolute atomic E-state index is 0.0978. The van der Waals surface area contributed by atoms with E-state index >= 15 is 0 Å². The van der Waals surface area contributed by atoms with Crippen LogP contribution in [0, 0.1) is 0 Å². The minimum Gasteiger partial charge on any atom is -0.459 e. The lowest BCUT2D eigenvalue weighted by Crippen LogP contribution is -2.32. The molecule has 0 atom stereocenters. The van der Waals surface area contributed by atoms with E-state index in [1.807, 2.05) is 12.1 Å². The van der Waals surface area contributed by atoms with E-state index in [0.29, 0.717) is 5.56 Å². The third kappa shape index (κ3) is 3.55. The zero-order valence-electron chi connectivity index (χ0n) is 12.6. The molecule has 0 N–H and O–H groups in total. The highest BCUT2D eigenvalue weighted by Gasteiger charge is 2.23. The number of ether oxygens (including phenoxy) is 1. The highest BCUT2D eigenvalue weighted by atomic mass is 16.5. The van der Waals surface area contributed by atoms with E-state index in [4.69, 9.17) is 4.74 Å². The number of nitrogens with zero attached hydrogens (tertiary/aromatic N) is 2.